The summed E-state index contributed by atoms with van der Waals surface area (Å²) in [6, 6.07) is 0. The maximum absolute atomic E-state index is 4.34. The van der Waals surface area contributed by atoms with E-state index in [4.69, 9.17) is 0 Å². The Balaban J connectivity index is 2.95. The van der Waals surface area contributed by atoms with Crippen LogP contribution in [0.5, 0.6) is 0 Å². The standard InChI is InChI=1S/C10H14N2S/c1-4-6-9(7-5-2)10-11-8(3)12-13-10/h4,6-7H,5H2,1-3H3/b6-4-,9-7+. The molecule has 70 valence electrons. The Morgan fingerprint density at radius 3 is 2.77 bits per heavy atom. The maximum Gasteiger partial charge on any atom is 0.143 e. The SMILES string of the molecule is C/C=C\C(=C/CC)c1nc(C)ns1. The molecule has 0 atom stereocenters. The number of aryl methyl sites for hydroxylation is 1. The Kier molecular flexibility index (Phi) is 3.83. The van der Waals surface area contributed by atoms with Gasteiger partial charge in [-0.25, -0.2) is 4.98 Å². The summed E-state index contributed by atoms with van der Waals surface area (Å²) in [5.74, 6) is 0.853. The predicted molar refractivity (Wildman–Crippen MR) is 57.7 cm³/mol. The normalized spacial score (nSPS) is 12.7. The van der Waals surface area contributed by atoms with Gasteiger partial charge in [-0.1, -0.05) is 25.2 Å². The quantitative estimate of drug-likeness (QED) is 0.690. The van der Waals surface area contributed by atoms with Crippen LogP contribution in [0.1, 0.15) is 31.1 Å². The molecule has 0 bridgehead atoms. The Hall–Kier alpha value is -0.960. The molecule has 1 rings (SSSR count). The van der Waals surface area contributed by atoms with Gasteiger partial charge in [-0.05, 0) is 31.8 Å². The van der Waals surface area contributed by atoms with E-state index in [2.05, 4.69) is 28.4 Å². The number of allylic oxidation sites excluding steroid dienone is 4. The van der Waals surface area contributed by atoms with Crippen molar-refractivity contribution in [3.05, 3.63) is 29.1 Å². The zero-order chi connectivity index (χ0) is 9.68. The van der Waals surface area contributed by atoms with Crippen LogP contribution in [0.15, 0.2) is 18.2 Å². The second-order valence-corrected chi connectivity index (χ2v) is 3.47. The summed E-state index contributed by atoms with van der Waals surface area (Å²) in [5.41, 5.74) is 1.18. The average molecular weight is 194 g/mol. The lowest BCUT2D eigenvalue weighted by molar-refractivity contribution is 1.15. The number of rotatable bonds is 3. The Morgan fingerprint density at radius 1 is 1.54 bits per heavy atom. The van der Waals surface area contributed by atoms with Gasteiger partial charge in [0, 0.05) is 5.57 Å². The number of aromatic nitrogens is 2. The van der Waals surface area contributed by atoms with Gasteiger partial charge >= 0.3 is 0 Å². The largest absolute Gasteiger partial charge is 0.220 e. The van der Waals surface area contributed by atoms with Crippen molar-refractivity contribution in [3.8, 4) is 0 Å². The lowest BCUT2D eigenvalue weighted by Gasteiger charge is -1.93. The topological polar surface area (TPSA) is 25.8 Å². The van der Waals surface area contributed by atoms with Gasteiger partial charge in [0.15, 0.2) is 0 Å². The van der Waals surface area contributed by atoms with E-state index in [0.717, 1.165) is 17.3 Å². The highest BCUT2D eigenvalue weighted by atomic mass is 32.1. The minimum Gasteiger partial charge on any atom is -0.220 e. The molecule has 0 spiro atoms. The van der Waals surface area contributed by atoms with Gasteiger partial charge in [0.2, 0.25) is 0 Å². The van der Waals surface area contributed by atoms with E-state index in [1.807, 2.05) is 19.9 Å². The lowest BCUT2D eigenvalue weighted by Crippen LogP contribution is -1.80. The Morgan fingerprint density at radius 2 is 2.31 bits per heavy atom. The van der Waals surface area contributed by atoms with Gasteiger partial charge in [0.05, 0.1) is 0 Å². The summed E-state index contributed by atoms with van der Waals surface area (Å²) >= 11 is 1.46. The first-order valence-electron chi connectivity index (χ1n) is 4.41. The fraction of sp³-hybridized carbons (Fsp3) is 0.400. The van der Waals surface area contributed by atoms with Gasteiger partial charge in [-0.2, -0.15) is 4.37 Å². The maximum atomic E-state index is 4.34. The molecule has 0 saturated carbocycles. The first-order valence-corrected chi connectivity index (χ1v) is 5.18. The van der Waals surface area contributed by atoms with Crippen molar-refractivity contribution in [2.75, 3.05) is 0 Å². The highest BCUT2D eigenvalue weighted by molar-refractivity contribution is 7.06. The molecule has 1 aromatic rings. The van der Waals surface area contributed by atoms with Crippen LogP contribution in [0.3, 0.4) is 0 Å². The summed E-state index contributed by atoms with van der Waals surface area (Å²) in [7, 11) is 0. The van der Waals surface area contributed by atoms with Crippen LogP contribution < -0.4 is 0 Å². The van der Waals surface area contributed by atoms with Crippen molar-refractivity contribution < 1.29 is 0 Å². The number of hydrogen-bond donors (Lipinski definition) is 0. The minimum absolute atomic E-state index is 0.853. The van der Waals surface area contributed by atoms with Gasteiger partial charge < -0.3 is 0 Å². The third-order valence-corrected chi connectivity index (χ3v) is 2.40. The molecule has 1 heterocycles. The molecule has 1 aromatic heterocycles. The molecule has 0 aliphatic rings. The van der Waals surface area contributed by atoms with E-state index in [1.165, 1.54) is 17.1 Å². The van der Waals surface area contributed by atoms with E-state index in [-0.39, 0.29) is 0 Å². The van der Waals surface area contributed by atoms with Crippen LogP contribution in [-0.4, -0.2) is 9.36 Å². The zero-order valence-corrected chi connectivity index (χ0v) is 9.06. The molecule has 0 fully saturated rings. The lowest BCUT2D eigenvalue weighted by atomic mass is 10.2. The van der Waals surface area contributed by atoms with Crippen LogP contribution in [-0.2, 0) is 0 Å². The molecule has 13 heavy (non-hydrogen) atoms. The Bertz CT molecular complexity index is 323. The molecule has 0 unspecified atom stereocenters. The molecule has 0 aliphatic carbocycles. The molecule has 3 heteroatoms. The van der Waals surface area contributed by atoms with Gasteiger partial charge in [-0.15, -0.1) is 0 Å². The average Bonchev–Trinajstić information content (AvgIpc) is 2.51. The van der Waals surface area contributed by atoms with Crippen LogP contribution in [0.25, 0.3) is 5.57 Å². The molecule has 0 radical (unpaired) electrons. The summed E-state index contributed by atoms with van der Waals surface area (Å²) in [4.78, 5) is 4.34. The fourth-order valence-electron chi connectivity index (χ4n) is 1.04. The molecule has 0 N–H and O–H groups in total. The van der Waals surface area contributed by atoms with Gasteiger partial charge in [0.1, 0.15) is 10.8 Å². The van der Waals surface area contributed by atoms with E-state index in [0.29, 0.717) is 0 Å². The second-order valence-electron chi connectivity index (χ2n) is 2.71. The monoisotopic (exact) mass is 194 g/mol. The van der Waals surface area contributed by atoms with Crippen molar-refractivity contribution in [3.63, 3.8) is 0 Å². The molecule has 0 amide bonds. The number of nitrogens with zero attached hydrogens (tertiary/aromatic N) is 2. The molecule has 0 saturated heterocycles. The van der Waals surface area contributed by atoms with Gasteiger partial charge in [0.25, 0.3) is 0 Å². The number of hydrogen-bond acceptors (Lipinski definition) is 3. The predicted octanol–water partition coefficient (Wildman–Crippen LogP) is 3.22. The first-order chi connectivity index (χ1) is 6.27. The van der Waals surface area contributed by atoms with Gasteiger partial charge in [-0.3, -0.25) is 0 Å². The van der Waals surface area contributed by atoms with Crippen LogP contribution in [0.2, 0.25) is 0 Å². The van der Waals surface area contributed by atoms with Crippen LogP contribution in [0, 0.1) is 6.92 Å². The molecular formula is C10H14N2S. The third-order valence-electron chi connectivity index (χ3n) is 1.54. The smallest absolute Gasteiger partial charge is 0.143 e. The second kappa shape index (κ2) is 4.92. The molecular weight excluding hydrogens is 180 g/mol. The summed E-state index contributed by atoms with van der Waals surface area (Å²) in [6.07, 6.45) is 7.29. The highest BCUT2D eigenvalue weighted by Gasteiger charge is 2.02. The van der Waals surface area contributed by atoms with Crippen molar-refractivity contribution in [2.24, 2.45) is 0 Å². The van der Waals surface area contributed by atoms with Crippen molar-refractivity contribution in [1.82, 2.24) is 9.36 Å². The van der Waals surface area contributed by atoms with Crippen molar-refractivity contribution in [1.29, 1.82) is 0 Å². The van der Waals surface area contributed by atoms with E-state index in [9.17, 15) is 0 Å². The highest BCUT2D eigenvalue weighted by Crippen LogP contribution is 2.18. The third kappa shape index (κ3) is 2.77. The molecule has 2 nitrogen and oxygen atoms in total. The molecule has 0 aromatic carbocycles. The summed E-state index contributed by atoms with van der Waals surface area (Å²) < 4.78 is 4.16. The van der Waals surface area contributed by atoms with E-state index in [1.54, 1.807) is 0 Å². The van der Waals surface area contributed by atoms with Crippen molar-refractivity contribution >= 4 is 17.1 Å². The van der Waals surface area contributed by atoms with Crippen LogP contribution >= 0.6 is 11.5 Å². The Labute approximate surface area is 83.2 Å². The first kappa shape index (κ1) is 10.1. The van der Waals surface area contributed by atoms with Crippen LogP contribution in [0.4, 0.5) is 0 Å². The van der Waals surface area contributed by atoms with E-state index < -0.39 is 0 Å². The van der Waals surface area contributed by atoms with E-state index >= 15 is 0 Å². The fourth-order valence-corrected chi connectivity index (χ4v) is 1.73. The van der Waals surface area contributed by atoms with Crippen molar-refractivity contribution in [2.45, 2.75) is 27.2 Å². The molecule has 0 aliphatic heterocycles. The zero-order valence-electron chi connectivity index (χ0n) is 8.24. The summed E-state index contributed by atoms with van der Waals surface area (Å²) in [6.45, 7) is 6.05. The summed E-state index contributed by atoms with van der Waals surface area (Å²) in [5, 5.41) is 1.01. The minimum atomic E-state index is 0.853.